The molecule has 108 valence electrons. The van der Waals surface area contributed by atoms with Gasteiger partial charge in [-0.15, -0.1) is 0 Å². The Morgan fingerprint density at radius 3 is 2.55 bits per heavy atom. The first-order valence-corrected chi connectivity index (χ1v) is 6.57. The van der Waals surface area contributed by atoms with Gasteiger partial charge in [-0.1, -0.05) is 18.2 Å². The third kappa shape index (κ3) is 3.96. The summed E-state index contributed by atoms with van der Waals surface area (Å²) in [5, 5.41) is 2.53. The number of hydrogen-bond donors (Lipinski definition) is 1. The number of morpholine rings is 1. The van der Waals surface area contributed by atoms with E-state index in [9.17, 15) is 9.59 Å². The molecule has 1 aromatic rings. The van der Waals surface area contributed by atoms with Crippen LogP contribution in [0.3, 0.4) is 0 Å². The fourth-order valence-corrected chi connectivity index (χ4v) is 1.92. The van der Waals surface area contributed by atoms with Crippen molar-refractivity contribution in [2.24, 2.45) is 0 Å². The molecule has 6 nitrogen and oxygen atoms in total. The van der Waals surface area contributed by atoms with E-state index in [1.807, 2.05) is 6.07 Å². The zero-order valence-electron chi connectivity index (χ0n) is 11.4. The molecule has 0 aliphatic carbocycles. The molecule has 1 aliphatic heterocycles. The maximum Gasteiger partial charge on any atom is 0.413 e. The minimum atomic E-state index is -0.634. The molecule has 1 fully saturated rings. The monoisotopic (exact) mass is 278 g/mol. The molecule has 0 spiro atoms. The number of nitrogens with zero attached hydrogens (tertiary/aromatic N) is 1. The number of para-hydroxylation sites is 1. The zero-order chi connectivity index (χ0) is 14.4. The summed E-state index contributed by atoms with van der Waals surface area (Å²) in [7, 11) is 0. The largest absolute Gasteiger partial charge is 0.413 e. The second kappa shape index (κ2) is 6.91. The molecule has 0 aromatic heterocycles. The van der Waals surface area contributed by atoms with Crippen LogP contribution in [0.2, 0.25) is 0 Å². The minimum absolute atomic E-state index is 0.127. The Morgan fingerprint density at radius 1 is 1.25 bits per heavy atom. The van der Waals surface area contributed by atoms with E-state index in [0.29, 0.717) is 32.1 Å². The summed E-state index contributed by atoms with van der Waals surface area (Å²) in [6, 6.07) is 8.09. The molecule has 1 saturated heterocycles. The van der Waals surface area contributed by atoms with Gasteiger partial charge in [0.05, 0.1) is 13.2 Å². The lowest BCUT2D eigenvalue weighted by molar-refractivity contribution is -0.136. The van der Waals surface area contributed by atoms with E-state index in [-0.39, 0.29) is 5.91 Å². The molecule has 1 aliphatic rings. The average molecular weight is 278 g/mol. The smallest absolute Gasteiger partial charge is 0.410 e. The molecule has 2 amide bonds. The van der Waals surface area contributed by atoms with E-state index in [0.717, 1.165) is 0 Å². The van der Waals surface area contributed by atoms with Crippen LogP contribution in [0.1, 0.15) is 6.92 Å². The SMILES string of the molecule is C[C@@H](NC(=O)Oc1ccccc1)C(=O)N1CCOCC1. The van der Waals surface area contributed by atoms with Crippen molar-refractivity contribution in [3.63, 3.8) is 0 Å². The van der Waals surface area contributed by atoms with Gasteiger partial charge >= 0.3 is 6.09 Å². The van der Waals surface area contributed by atoms with Crippen molar-refractivity contribution in [2.45, 2.75) is 13.0 Å². The molecule has 2 rings (SSSR count). The van der Waals surface area contributed by atoms with Gasteiger partial charge in [-0.25, -0.2) is 4.79 Å². The fourth-order valence-electron chi connectivity index (χ4n) is 1.92. The lowest BCUT2D eigenvalue weighted by atomic mass is 10.2. The van der Waals surface area contributed by atoms with Crippen molar-refractivity contribution in [2.75, 3.05) is 26.3 Å². The Kier molecular flexibility index (Phi) is 4.95. The van der Waals surface area contributed by atoms with Crippen molar-refractivity contribution in [1.29, 1.82) is 0 Å². The first-order valence-electron chi connectivity index (χ1n) is 6.57. The van der Waals surface area contributed by atoms with Gasteiger partial charge in [-0.05, 0) is 19.1 Å². The lowest BCUT2D eigenvalue weighted by Crippen LogP contribution is -2.51. The van der Waals surface area contributed by atoms with Gasteiger partial charge in [0.2, 0.25) is 5.91 Å². The quantitative estimate of drug-likeness (QED) is 0.896. The Labute approximate surface area is 117 Å². The van der Waals surface area contributed by atoms with Crippen LogP contribution in [0.25, 0.3) is 0 Å². The van der Waals surface area contributed by atoms with Crippen molar-refractivity contribution in [3.8, 4) is 5.75 Å². The number of hydrogen-bond acceptors (Lipinski definition) is 4. The van der Waals surface area contributed by atoms with Gasteiger partial charge in [0.15, 0.2) is 0 Å². The minimum Gasteiger partial charge on any atom is -0.410 e. The molecule has 1 atom stereocenters. The van der Waals surface area contributed by atoms with Crippen molar-refractivity contribution in [3.05, 3.63) is 30.3 Å². The molecule has 6 heteroatoms. The highest BCUT2D eigenvalue weighted by molar-refractivity contribution is 5.85. The molecule has 1 aromatic carbocycles. The molecule has 0 bridgehead atoms. The fraction of sp³-hybridized carbons (Fsp3) is 0.429. The van der Waals surface area contributed by atoms with Gasteiger partial charge < -0.3 is 19.7 Å². The standard InChI is InChI=1S/C14H18N2O4/c1-11(13(17)16-7-9-19-10-8-16)15-14(18)20-12-5-3-2-4-6-12/h2-6,11H,7-10H2,1H3,(H,15,18)/t11-/m1/s1. The van der Waals surface area contributed by atoms with Crippen LogP contribution in [0.15, 0.2) is 30.3 Å². The molecule has 20 heavy (non-hydrogen) atoms. The Bertz CT molecular complexity index is 458. The Hall–Kier alpha value is -2.08. The topological polar surface area (TPSA) is 67.9 Å². The van der Waals surface area contributed by atoms with Gasteiger partial charge in [0.25, 0.3) is 0 Å². The first kappa shape index (κ1) is 14.3. The molecule has 0 unspecified atom stereocenters. The van der Waals surface area contributed by atoms with E-state index < -0.39 is 12.1 Å². The highest BCUT2D eigenvalue weighted by Gasteiger charge is 2.24. The van der Waals surface area contributed by atoms with Crippen molar-refractivity contribution >= 4 is 12.0 Å². The van der Waals surface area contributed by atoms with Crippen LogP contribution in [0.5, 0.6) is 5.75 Å². The summed E-state index contributed by atoms with van der Waals surface area (Å²) in [6.45, 7) is 3.82. The van der Waals surface area contributed by atoms with Crippen LogP contribution < -0.4 is 10.1 Å². The Morgan fingerprint density at radius 2 is 1.90 bits per heavy atom. The van der Waals surface area contributed by atoms with Gasteiger partial charge in [-0.3, -0.25) is 4.79 Å². The van der Waals surface area contributed by atoms with Crippen LogP contribution in [0, 0.1) is 0 Å². The van der Waals surface area contributed by atoms with Gasteiger partial charge in [-0.2, -0.15) is 0 Å². The molecule has 1 N–H and O–H groups in total. The van der Waals surface area contributed by atoms with E-state index in [1.54, 1.807) is 36.1 Å². The third-order valence-electron chi connectivity index (χ3n) is 2.98. The van der Waals surface area contributed by atoms with Crippen LogP contribution in [0.4, 0.5) is 4.79 Å². The Balaban J connectivity index is 1.82. The normalized spacial score (nSPS) is 16.4. The van der Waals surface area contributed by atoms with E-state index in [4.69, 9.17) is 9.47 Å². The average Bonchev–Trinajstić information content (AvgIpc) is 2.48. The summed E-state index contributed by atoms with van der Waals surface area (Å²) in [4.78, 5) is 25.4. The number of nitrogens with one attached hydrogen (secondary N) is 1. The molecular formula is C14H18N2O4. The van der Waals surface area contributed by atoms with E-state index in [1.165, 1.54) is 0 Å². The second-order valence-electron chi connectivity index (χ2n) is 4.51. The zero-order valence-corrected chi connectivity index (χ0v) is 11.4. The molecule has 1 heterocycles. The van der Waals surface area contributed by atoms with Crippen molar-refractivity contribution < 1.29 is 19.1 Å². The van der Waals surface area contributed by atoms with Crippen LogP contribution in [-0.2, 0) is 9.53 Å². The van der Waals surface area contributed by atoms with Crippen LogP contribution in [-0.4, -0.2) is 49.2 Å². The predicted molar refractivity (Wildman–Crippen MR) is 72.5 cm³/mol. The van der Waals surface area contributed by atoms with Gasteiger partial charge in [0, 0.05) is 13.1 Å². The lowest BCUT2D eigenvalue weighted by Gasteiger charge is -2.29. The summed E-state index contributed by atoms with van der Waals surface area (Å²) in [5.41, 5.74) is 0. The van der Waals surface area contributed by atoms with Gasteiger partial charge in [0.1, 0.15) is 11.8 Å². The number of carbonyl (C=O) groups excluding carboxylic acids is 2. The number of ether oxygens (including phenoxy) is 2. The van der Waals surface area contributed by atoms with E-state index >= 15 is 0 Å². The first-order chi connectivity index (χ1) is 9.66. The number of amides is 2. The molecular weight excluding hydrogens is 260 g/mol. The van der Waals surface area contributed by atoms with Crippen molar-refractivity contribution in [1.82, 2.24) is 10.2 Å². The predicted octanol–water partition coefficient (Wildman–Crippen LogP) is 1.02. The number of carbonyl (C=O) groups is 2. The number of benzene rings is 1. The van der Waals surface area contributed by atoms with Crippen LogP contribution >= 0.6 is 0 Å². The maximum atomic E-state index is 12.1. The second-order valence-corrected chi connectivity index (χ2v) is 4.51. The summed E-state index contributed by atoms with van der Waals surface area (Å²) in [6.07, 6.45) is -0.634. The third-order valence-corrected chi connectivity index (χ3v) is 2.98. The van der Waals surface area contributed by atoms with E-state index in [2.05, 4.69) is 5.32 Å². The maximum absolute atomic E-state index is 12.1. The molecule has 0 radical (unpaired) electrons. The highest BCUT2D eigenvalue weighted by atomic mass is 16.6. The molecule has 0 saturated carbocycles. The number of rotatable bonds is 3. The highest BCUT2D eigenvalue weighted by Crippen LogP contribution is 2.08. The summed E-state index contributed by atoms with van der Waals surface area (Å²) >= 11 is 0. The summed E-state index contributed by atoms with van der Waals surface area (Å²) in [5.74, 6) is 0.314. The summed E-state index contributed by atoms with van der Waals surface area (Å²) < 4.78 is 10.3.